The van der Waals surface area contributed by atoms with Gasteiger partial charge in [0, 0.05) is 0 Å². The van der Waals surface area contributed by atoms with Gasteiger partial charge in [0.2, 0.25) is 0 Å². The van der Waals surface area contributed by atoms with E-state index < -0.39 is 0 Å². The maximum Gasteiger partial charge on any atom is 0.120 e. The highest BCUT2D eigenvalue weighted by molar-refractivity contribution is 5.30. The van der Waals surface area contributed by atoms with Crippen molar-refractivity contribution in [2.45, 2.75) is 51.7 Å². The molecular weight excluding hydrogens is 212 g/mol. The fourth-order valence-electron chi connectivity index (χ4n) is 2.59. The summed E-state index contributed by atoms with van der Waals surface area (Å²) < 4.78 is 5.66. The molecule has 0 radical (unpaired) electrons. The van der Waals surface area contributed by atoms with E-state index in [4.69, 9.17) is 4.74 Å². The van der Waals surface area contributed by atoms with Gasteiger partial charge in [0.05, 0.1) is 12.2 Å². The van der Waals surface area contributed by atoms with Crippen molar-refractivity contribution in [3.8, 4) is 5.75 Å². The third kappa shape index (κ3) is 3.22. The number of benzene rings is 1. The van der Waals surface area contributed by atoms with Gasteiger partial charge in [-0.2, -0.15) is 0 Å². The highest BCUT2D eigenvalue weighted by atomic mass is 16.5. The summed E-state index contributed by atoms with van der Waals surface area (Å²) in [7, 11) is 0. The Labute approximate surface area is 104 Å². The lowest BCUT2D eigenvalue weighted by Crippen LogP contribution is -2.10. The number of rotatable bonds is 4. The quantitative estimate of drug-likeness (QED) is 0.860. The Morgan fingerprint density at radius 3 is 2.59 bits per heavy atom. The van der Waals surface area contributed by atoms with Crippen LogP contribution in [0.25, 0.3) is 0 Å². The fraction of sp³-hybridized carbons (Fsp3) is 0.600. The Balaban J connectivity index is 2.09. The smallest absolute Gasteiger partial charge is 0.120 e. The van der Waals surface area contributed by atoms with Gasteiger partial charge in [-0.3, -0.25) is 0 Å². The van der Waals surface area contributed by atoms with Crippen molar-refractivity contribution < 1.29 is 9.84 Å². The van der Waals surface area contributed by atoms with Crippen molar-refractivity contribution in [1.82, 2.24) is 0 Å². The van der Waals surface area contributed by atoms with Crippen molar-refractivity contribution in [1.29, 1.82) is 0 Å². The molecule has 1 unspecified atom stereocenters. The van der Waals surface area contributed by atoms with E-state index in [-0.39, 0.29) is 12.2 Å². The van der Waals surface area contributed by atoms with Crippen LogP contribution in [0.5, 0.6) is 5.75 Å². The number of aliphatic hydroxyl groups excluding tert-OH is 1. The predicted octanol–water partition coefficient (Wildman–Crippen LogP) is 3.70. The highest BCUT2D eigenvalue weighted by Gasteiger charge is 2.24. The molecule has 0 bridgehead atoms. The maximum atomic E-state index is 10.3. The highest BCUT2D eigenvalue weighted by Crippen LogP contribution is 2.36. The van der Waals surface area contributed by atoms with E-state index in [1.54, 1.807) is 0 Å². The van der Waals surface area contributed by atoms with E-state index in [0.29, 0.717) is 5.92 Å². The van der Waals surface area contributed by atoms with E-state index in [0.717, 1.165) is 24.2 Å². The van der Waals surface area contributed by atoms with Crippen molar-refractivity contribution in [3.63, 3.8) is 0 Å². The molecule has 1 atom stereocenters. The fourth-order valence-corrected chi connectivity index (χ4v) is 2.59. The lowest BCUT2D eigenvalue weighted by atomic mass is 9.94. The molecule has 17 heavy (non-hydrogen) atoms. The summed E-state index contributed by atoms with van der Waals surface area (Å²) in [4.78, 5) is 0. The lowest BCUT2D eigenvalue weighted by molar-refractivity contribution is 0.111. The van der Waals surface area contributed by atoms with Crippen LogP contribution in [0.15, 0.2) is 24.3 Å². The van der Waals surface area contributed by atoms with E-state index in [9.17, 15) is 5.11 Å². The van der Waals surface area contributed by atoms with E-state index in [1.165, 1.54) is 12.8 Å². The largest absolute Gasteiger partial charge is 0.491 e. The molecule has 1 aliphatic rings. The molecule has 2 nitrogen and oxygen atoms in total. The first kappa shape index (κ1) is 12.4. The first-order valence-corrected chi connectivity index (χ1v) is 6.61. The van der Waals surface area contributed by atoms with E-state index in [2.05, 4.69) is 0 Å². The monoisotopic (exact) mass is 234 g/mol. The second-order valence-corrected chi connectivity index (χ2v) is 5.23. The molecule has 1 aliphatic carbocycles. The summed E-state index contributed by atoms with van der Waals surface area (Å²) in [6.45, 7) is 4.03. The minimum absolute atomic E-state index is 0.175. The summed E-state index contributed by atoms with van der Waals surface area (Å²) in [6, 6.07) is 7.88. The molecule has 1 saturated carbocycles. The second kappa shape index (κ2) is 5.54. The zero-order valence-corrected chi connectivity index (χ0v) is 10.7. The zero-order chi connectivity index (χ0) is 12.3. The first-order chi connectivity index (χ1) is 8.16. The molecule has 2 heteroatoms. The van der Waals surface area contributed by atoms with Gasteiger partial charge in [-0.1, -0.05) is 25.0 Å². The number of hydrogen-bond donors (Lipinski definition) is 1. The van der Waals surface area contributed by atoms with Crippen molar-refractivity contribution in [3.05, 3.63) is 29.8 Å². The van der Waals surface area contributed by atoms with Crippen LogP contribution in [-0.2, 0) is 0 Å². The molecular formula is C15H22O2. The number of ether oxygens (including phenoxy) is 1. The topological polar surface area (TPSA) is 29.5 Å². The van der Waals surface area contributed by atoms with Crippen LogP contribution in [0.4, 0.5) is 0 Å². The summed E-state index contributed by atoms with van der Waals surface area (Å²) in [5, 5.41) is 10.3. The van der Waals surface area contributed by atoms with Crippen LogP contribution in [0, 0.1) is 5.92 Å². The Morgan fingerprint density at radius 1 is 1.24 bits per heavy atom. The van der Waals surface area contributed by atoms with Gasteiger partial charge in [-0.05, 0) is 50.3 Å². The molecule has 0 aromatic heterocycles. The first-order valence-electron chi connectivity index (χ1n) is 6.61. The van der Waals surface area contributed by atoms with Crippen molar-refractivity contribution >= 4 is 0 Å². The summed E-state index contributed by atoms with van der Waals surface area (Å²) in [5.41, 5.74) is 0.995. The summed E-state index contributed by atoms with van der Waals surface area (Å²) in [5.74, 6) is 1.29. The second-order valence-electron chi connectivity index (χ2n) is 5.23. The van der Waals surface area contributed by atoms with Crippen LogP contribution >= 0.6 is 0 Å². The SMILES string of the molecule is CC(C)Oc1cccc(C(O)C2CCCC2)c1. The zero-order valence-electron chi connectivity index (χ0n) is 10.7. The normalized spacial score (nSPS) is 18.6. The summed E-state index contributed by atoms with van der Waals surface area (Å²) >= 11 is 0. The third-order valence-electron chi connectivity index (χ3n) is 3.42. The molecule has 1 aromatic rings. The number of aliphatic hydroxyl groups is 1. The van der Waals surface area contributed by atoms with Crippen LogP contribution in [0.3, 0.4) is 0 Å². The Morgan fingerprint density at radius 2 is 1.94 bits per heavy atom. The minimum Gasteiger partial charge on any atom is -0.491 e. The van der Waals surface area contributed by atoms with Gasteiger partial charge in [-0.15, -0.1) is 0 Å². The average molecular weight is 234 g/mol. The molecule has 0 amide bonds. The Bertz CT molecular complexity index is 354. The Kier molecular flexibility index (Phi) is 4.06. The minimum atomic E-state index is -0.326. The van der Waals surface area contributed by atoms with Gasteiger partial charge < -0.3 is 9.84 Å². The molecule has 0 spiro atoms. The predicted molar refractivity (Wildman–Crippen MR) is 69.1 cm³/mol. The van der Waals surface area contributed by atoms with Crippen molar-refractivity contribution in [2.24, 2.45) is 5.92 Å². The van der Waals surface area contributed by atoms with Gasteiger partial charge in [0.1, 0.15) is 5.75 Å². The van der Waals surface area contributed by atoms with Gasteiger partial charge in [0.15, 0.2) is 0 Å². The molecule has 94 valence electrons. The third-order valence-corrected chi connectivity index (χ3v) is 3.42. The van der Waals surface area contributed by atoms with Crippen LogP contribution in [0.2, 0.25) is 0 Å². The van der Waals surface area contributed by atoms with E-state index >= 15 is 0 Å². The van der Waals surface area contributed by atoms with Crippen molar-refractivity contribution in [2.75, 3.05) is 0 Å². The van der Waals surface area contributed by atoms with Gasteiger partial charge in [-0.25, -0.2) is 0 Å². The standard InChI is InChI=1S/C15H22O2/c1-11(2)17-14-9-5-8-13(10-14)15(16)12-6-3-4-7-12/h5,8-12,15-16H,3-4,6-7H2,1-2H3. The molecule has 2 rings (SSSR count). The van der Waals surface area contributed by atoms with Crippen LogP contribution < -0.4 is 4.74 Å². The molecule has 1 N–H and O–H groups in total. The average Bonchev–Trinajstić information content (AvgIpc) is 2.81. The van der Waals surface area contributed by atoms with Gasteiger partial charge in [0.25, 0.3) is 0 Å². The molecule has 1 aromatic carbocycles. The summed E-state index contributed by atoms with van der Waals surface area (Å²) in [6.07, 6.45) is 4.66. The molecule has 1 fully saturated rings. The van der Waals surface area contributed by atoms with Crippen LogP contribution in [-0.4, -0.2) is 11.2 Å². The van der Waals surface area contributed by atoms with Gasteiger partial charge >= 0.3 is 0 Å². The molecule has 0 heterocycles. The molecule has 0 saturated heterocycles. The Hall–Kier alpha value is -1.02. The lowest BCUT2D eigenvalue weighted by Gasteiger charge is -2.19. The molecule has 0 aliphatic heterocycles. The number of hydrogen-bond acceptors (Lipinski definition) is 2. The van der Waals surface area contributed by atoms with E-state index in [1.807, 2.05) is 38.1 Å². The van der Waals surface area contributed by atoms with Crippen LogP contribution in [0.1, 0.15) is 51.2 Å². The maximum absolute atomic E-state index is 10.3.